The minimum absolute atomic E-state index is 0.985. The van der Waals surface area contributed by atoms with Gasteiger partial charge in [0.25, 0.3) is 0 Å². The molecule has 0 aliphatic rings. The molecular formula is C15H32O. The van der Waals surface area contributed by atoms with Crippen molar-refractivity contribution in [2.75, 3.05) is 13.2 Å². The number of ether oxygens (including phenoxy) is 1. The van der Waals surface area contributed by atoms with Crippen molar-refractivity contribution in [1.82, 2.24) is 0 Å². The fraction of sp³-hybridized carbons (Fsp3) is 1.00. The zero-order chi connectivity index (χ0) is 11.9. The molecule has 0 heterocycles. The van der Waals surface area contributed by atoms with Crippen LogP contribution in [0.4, 0.5) is 0 Å². The summed E-state index contributed by atoms with van der Waals surface area (Å²) in [5, 5.41) is 0. The molecule has 0 aliphatic carbocycles. The first-order chi connectivity index (χ1) is 7.91. The van der Waals surface area contributed by atoms with Crippen LogP contribution in [0.3, 0.4) is 0 Å². The van der Waals surface area contributed by atoms with E-state index in [1.807, 2.05) is 0 Å². The molecular weight excluding hydrogens is 196 g/mol. The van der Waals surface area contributed by atoms with E-state index < -0.39 is 0 Å². The maximum absolute atomic E-state index is 5.62. The average Bonchev–Trinajstić information content (AvgIpc) is 2.31. The van der Waals surface area contributed by atoms with Gasteiger partial charge >= 0.3 is 0 Å². The lowest BCUT2D eigenvalue weighted by Gasteiger charge is -2.04. The van der Waals surface area contributed by atoms with Crippen LogP contribution in [0, 0.1) is 0 Å². The average molecular weight is 228 g/mol. The standard InChI is InChI=1S/C15H32O/c1-3-5-7-9-11-13-15-16-14-12-10-8-6-4-2/h3-15H2,1-2H3. The van der Waals surface area contributed by atoms with Crippen molar-refractivity contribution >= 4 is 0 Å². The molecule has 0 aromatic rings. The van der Waals surface area contributed by atoms with E-state index in [1.54, 1.807) is 0 Å². The summed E-state index contributed by atoms with van der Waals surface area (Å²) in [6.07, 6.45) is 14.9. The monoisotopic (exact) mass is 228 g/mol. The Kier molecular flexibility index (Phi) is 14.9. The molecule has 1 nitrogen and oxygen atoms in total. The number of rotatable bonds is 13. The van der Waals surface area contributed by atoms with Crippen LogP contribution in [0.15, 0.2) is 0 Å². The fourth-order valence-electron chi connectivity index (χ4n) is 1.89. The van der Waals surface area contributed by atoms with Gasteiger partial charge in [0.15, 0.2) is 0 Å². The van der Waals surface area contributed by atoms with Crippen LogP contribution in [0.2, 0.25) is 0 Å². The van der Waals surface area contributed by atoms with E-state index in [-0.39, 0.29) is 0 Å². The zero-order valence-corrected chi connectivity index (χ0v) is 11.6. The van der Waals surface area contributed by atoms with Gasteiger partial charge in [-0.25, -0.2) is 0 Å². The normalized spacial score (nSPS) is 10.9. The minimum atomic E-state index is 0.985. The van der Waals surface area contributed by atoms with Gasteiger partial charge in [0, 0.05) is 13.2 Å². The van der Waals surface area contributed by atoms with Crippen molar-refractivity contribution in [1.29, 1.82) is 0 Å². The Labute approximate surface area is 103 Å². The third kappa shape index (κ3) is 14.0. The summed E-state index contributed by atoms with van der Waals surface area (Å²) in [5.74, 6) is 0. The third-order valence-electron chi connectivity index (χ3n) is 3.03. The lowest BCUT2D eigenvalue weighted by atomic mass is 10.1. The number of unbranched alkanes of at least 4 members (excludes halogenated alkanes) is 9. The Morgan fingerprint density at radius 2 is 0.875 bits per heavy atom. The molecule has 0 aliphatic heterocycles. The second kappa shape index (κ2) is 15.0. The van der Waals surface area contributed by atoms with Crippen LogP contribution in [0.1, 0.15) is 84.5 Å². The van der Waals surface area contributed by atoms with Gasteiger partial charge in [0.1, 0.15) is 0 Å². The Hall–Kier alpha value is -0.0400. The SMILES string of the molecule is CCCCCCCCOCCCCCCC. The maximum atomic E-state index is 5.62. The van der Waals surface area contributed by atoms with Crippen LogP contribution in [-0.2, 0) is 4.74 Å². The van der Waals surface area contributed by atoms with Gasteiger partial charge < -0.3 is 4.74 Å². The van der Waals surface area contributed by atoms with Gasteiger partial charge in [-0.2, -0.15) is 0 Å². The van der Waals surface area contributed by atoms with E-state index in [0.29, 0.717) is 0 Å². The molecule has 0 amide bonds. The summed E-state index contributed by atoms with van der Waals surface area (Å²) in [7, 11) is 0. The third-order valence-corrected chi connectivity index (χ3v) is 3.03. The lowest BCUT2D eigenvalue weighted by molar-refractivity contribution is 0.125. The molecule has 0 rings (SSSR count). The first kappa shape index (κ1) is 16.0. The van der Waals surface area contributed by atoms with E-state index >= 15 is 0 Å². The van der Waals surface area contributed by atoms with E-state index in [1.165, 1.54) is 70.6 Å². The molecule has 0 fully saturated rings. The summed E-state index contributed by atoms with van der Waals surface area (Å²) in [4.78, 5) is 0. The Bertz CT molecular complexity index is 98.0. The summed E-state index contributed by atoms with van der Waals surface area (Å²) in [6, 6.07) is 0. The first-order valence-corrected chi connectivity index (χ1v) is 7.49. The molecule has 0 unspecified atom stereocenters. The molecule has 0 bridgehead atoms. The van der Waals surface area contributed by atoms with Crippen molar-refractivity contribution in [2.24, 2.45) is 0 Å². The molecule has 0 N–H and O–H groups in total. The number of hydrogen-bond acceptors (Lipinski definition) is 1. The molecule has 1 heteroatoms. The van der Waals surface area contributed by atoms with Crippen molar-refractivity contribution in [3.8, 4) is 0 Å². The highest BCUT2D eigenvalue weighted by Gasteiger charge is 1.92. The van der Waals surface area contributed by atoms with Crippen LogP contribution >= 0.6 is 0 Å². The topological polar surface area (TPSA) is 9.23 Å². The van der Waals surface area contributed by atoms with Gasteiger partial charge in [0.05, 0.1) is 0 Å². The van der Waals surface area contributed by atoms with Crippen molar-refractivity contribution in [3.63, 3.8) is 0 Å². The Balaban J connectivity index is 2.83. The van der Waals surface area contributed by atoms with E-state index in [2.05, 4.69) is 13.8 Å². The Morgan fingerprint density at radius 1 is 0.500 bits per heavy atom. The smallest absolute Gasteiger partial charge is 0.0466 e. The molecule has 0 saturated heterocycles. The molecule has 0 spiro atoms. The predicted octanol–water partition coefficient (Wildman–Crippen LogP) is 5.33. The quantitative estimate of drug-likeness (QED) is 0.387. The van der Waals surface area contributed by atoms with Crippen molar-refractivity contribution in [2.45, 2.75) is 84.5 Å². The van der Waals surface area contributed by atoms with E-state index in [0.717, 1.165) is 13.2 Å². The summed E-state index contributed by atoms with van der Waals surface area (Å²) >= 11 is 0. The highest BCUT2D eigenvalue weighted by molar-refractivity contribution is 4.45. The highest BCUT2D eigenvalue weighted by atomic mass is 16.5. The van der Waals surface area contributed by atoms with E-state index in [4.69, 9.17) is 4.74 Å². The van der Waals surface area contributed by atoms with Gasteiger partial charge in [-0.1, -0.05) is 71.6 Å². The van der Waals surface area contributed by atoms with Gasteiger partial charge in [-0.15, -0.1) is 0 Å². The molecule has 0 saturated carbocycles. The van der Waals surface area contributed by atoms with E-state index in [9.17, 15) is 0 Å². The molecule has 0 radical (unpaired) electrons. The van der Waals surface area contributed by atoms with Crippen molar-refractivity contribution in [3.05, 3.63) is 0 Å². The van der Waals surface area contributed by atoms with Gasteiger partial charge in [0.2, 0.25) is 0 Å². The fourth-order valence-corrected chi connectivity index (χ4v) is 1.89. The van der Waals surface area contributed by atoms with Crippen LogP contribution < -0.4 is 0 Å². The van der Waals surface area contributed by atoms with Gasteiger partial charge in [-0.3, -0.25) is 0 Å². The Morgan fingerprint density at radius 3 is 1.31 bits per heavy atom. The summed E-state index contributed by atoms with van der Waals surface area (Å²) in [5.41, 5.74) is 0. The minimum Gasteiger partial charge on any atom is -0.381 e. The van der Waals surface area contributed by atoms with Gasteiger partial charge in [-0.05, 0) is 12.8 Å². The second-order valence-electron chi connectivity index (χ2n) is 4.79. The predicted molar refractivity (Wildman–Crippen MR) is 73.0 cm³/mol. The van der Waals surface area contributed by atoms with Crippen LogP contribution in [-0.4, -0.2) is 13.2 Å². The summed E-state index contributed by atoms with van der Waals surface area (Å²) in [6.45, 7) is 6.50. The molecule has 98 valence electrons. The lowest BCUT2D eigenvalue weighted by Crippen LogP contribution is -1.97. The number of hydrogen-bond donors (Lipinski definition) is 0. The summed E-state index contributed by atoms with van der Waals surface area (Å²) < 4.78 is 5.62. The van der Waals surface area contributed by atoms with Crippen molar-refractivity contribution < 1.29 is 4.74 Å². The maximum Gasteiger partial charge on any atom is 0.0466 e. The molecule has 0 atom stereocenters. The zero-order valence-electron chi connectivity index (χ0n) is 11.6. The van der Waals surface area contributed by atoms with Crippen LogP contribution in [0.25, 0.3) is 0 Å². The molecule has 16 heavy (non-hydrogen) atoms. The highest BCUT2D eigenvalue weighted by Crippen LogP contribution is 2.06. The second-order valence-corrected chi connectivity index (χ2v) is 4.79. The molecule has 0 aromatic heterocycles. The largest absolute Gasteiger partial charge is 0.381 e. The first-order valence-electron chi connectivity index (χ1n) is 7.49. The molecule has 0 aromatic carbocycles. The van der Waals surface area contributed by atoms with Crippen LogP contribution in [0.5, 0.6) is 0 Å².